The molecule has 0 saturated heterocycles. The summed E-state index contributed by atoms with van der Waals surface area (Å²) >= 11 is 1.32. The maximum atomic E-state index is 13.5. The number of amides is 1. The van der Waals surface area contributed by atoms with Gasteiger partial charge in [0.2, 0.25) is 5.91 Å². The molecule has 166 valence electrons. The molecule has 0 atom stereocenters. The summed E-state index contributed by atoms with van der Waals surface area (Å²) < 4.78 is 5.03. The number of ketones is 1. The molecule has 1 aromatic heterocycles. The molecule has 0 aliphatic heterocycles. The molecule has 0 spiro atoms. The van der Waals surface area contributed by atoms with Crippen molar-refractivity contribution in [3.63, 3.8) is 0 Å². The van der Waals surface area contributed by atoms with Gasteiger partial charge in [-0.2, -0.15) is 0 Å². The van der Waals surface area contributed by atoms with Gasteiger partial charge < -0.3 is 9.64 Å². The highest BCUT2D eigenvalue weighted by Gasteiger charge is 2.33. The van der Waals surface area contributed by atoms with Crippen LogP contribution in [0.1, 0.15) is 73.4 Å². The number of benzene rings is 1. The summed E-state index contributed by atoms with van der Waals surface area (Å²) in [6.45, 7) is 7.72. The molecule has 1 aliphatic carbocycles. The van der Waals surface area contributed by atoms with Crippen LogP contribution in [0.3, 0.4) is 0 Å². The molecule has 1 heterocycles. The van der Waals surface area contributed by atoms with Gasteiger partial charge in [0, 0.05) is 22.4 Å². The Labute approximate surface area is 188 Å². The van der Waals surface area contributed by atoms with Crippen molar-refractivity contribution in [2.24, 2.45) is 11.8 Å². The predicted molar refractivity (Wildman–Crippen MR) is 125 cm³/mol. The number of rotatable bonds is 6. The second kappa shape index (κ2) is 9.77. The highest BCUT2D eigenvalue weighted by molar-refractivity contribution is 7.18. The van der Waals surface area contributed by atoms with Gasteiger partial charge in [0.1, 0.15) is 4.88 Å². The van der Waals surface area contributed by atoms with Gasteiger partial charge >= 0.3 is 5.97 Å². The first kappa shape index (κ1) is 23.2. The Balaban J connectivity index is 2.01. The predicted octanol–water partition coefficient (Wildman–Crippen LogP) is 5.97. The van der Waals surface area contributed by atoms with E-state index >= 15 is 0 Å². The molecular formula is C25H31NO4S. The molecule has 1 saturated carbocycles. The second-order valence-electron chi connectivity index (χ2n) is 8.71. The van der Waals surface area contributed by atoms with Crippen molar-refractivity contribution >= 4 is 34.7 Å². The smallest absolute Gasteiger partial charge is 0.350 e. The Morgan fingerprint density at radius 2 is 1.68 bits per heavy atom. The molecule has 1 aliphatic rings. The van der Waals surface area contributed by atoms with Gasteiger partial charge in [-0.05, 0) is 64.0 Å². The molecule has 6 heteroatoms. The molecule has 0 N–H and O–H groups in total. The fraction of sp³-hybridized carbons (Fsp3) is 0.480. The van der Waals surface area contributed by atoms with Crippen LogP contribution < -0.4 is 4.90 Å². The lowest BCUT2D eigenvalue weighted by molar-refractivity contribution is -0.123. The molecule has 3 rings (SSSR count). The van der Waals surface area contributed by atoms with Crippen molar-refractivity contribution in [3.8, 4) is 10.4 Å². The summed E-state index contributed by atoms with van der Waals surface area (Å²) in [5.74, 6) is 0.299. The van der Waals surface area contributed by atoms with Crippen LogP contribution in [0.5, 0.6) is 0 Å². The minimum Gasteiger partial charge on any atom is -0.465 e. The first-order chi connectivity index (χ1) is 14.7. The summed E-state index contributed by atoms with van der Waals surface area (Å²) in [5, 5.41) is 0. The van der Waals surface area contributed by atoms with E-state index in [2.05, 4.69) is 6.92 Å². The average Bonchev–Trinajstić information content (AvgIpc) is 3.18. The quantitative estimate of drug-likeness (QED) is 0.409. The normalized spacial score (nSPS) is 18.6. The number of hydrogen-bond donors (Lipinski definition) is 0. The van der Waals surface area contributed by atoms with Crippen LogP contribution in [0.2, 0.25) is 0 Å². The van der Waals surface area contributed by atoms with Gasteiger partial charge in [0.25, 0.3) is 0 Å². The molecule has 1 amide bonds. The van der Waals surface area contributed by atoms with E-state index < -0.39 is 5.97 Å². The third-order valence-corrected chi connectivity index (χ3v) is 7.19. The number of anilines is 1. The van der Waals surface area contributed by atoms with E-state index in [0.29, 0.717) is 22.0 Å². The zero-order chi connectivity index (χ0) is 22.7. The van der Waals surface area contributed by atoms with E-state index in [-0.39, 0.29) is 23.7 Å². The number of hydrogen-bond acceptors (Lipinski definition) is 5. The lowest BCUT2D eigenvalue weighted by Gasteiger charge is -2.33. The highest BCUT2D eigenvalue weighted by atomic mass is 32.1. The minimum absolute atomic E-state index is 0.00653. The molecule has 0 bridgehead atoms. The maximum absolute atomic E-state index is 13.5. The number of carbonyl (C=O) groups is 3. The van der Waals surface area contributed by atoms with Crippen molar-refractivity contribution in [1.82, 2.24) is 0 Å². The van der Waals surface area contributed by atoms with Crippen molar-refractivity contribution in [1.29, 1.82) is 0 Å². The number of nitrogens with zero attached hydrogens (tertiary/aromatic N) is 1. The Morgan fingerprint density at radius 1 is 1.06 bits per heavy atom. The number of thiophene rings is 1. The van der Waals surface area contributed by atoms with Crippen molar-refractivity contribution < 1.29 is 19.1 Å². The van der Waals surface area contributed by atoms with E-state index in [1.807, 2.05) is 32.0 Å². The van der Waals surface area contributed by atoms with E-state index in [0.717, 1.165) is 36.1 Å². The maximum Gasteiger partial charge on any atom is 0.350 e. The third-order valence-electron chi connectivity index (χ3n) is 6.04. The summed E-state index contributed by atoms with van der Waals surface area (Å²) in [7, 11) is 1.36. The fourth-order valence-corrected chi connectivity index (χ4v) is 5.24. The van der Waals surface area contributed by atoms with Crippen molar-refractivity contribution in [2.45, 2.75) is 59.4 Å². The molecule has 1 fully saturated rings. The number of Topliss-reactive ketones (excluding diaryl/α,β-unsaturated/α-hetero) is 1. The van der Waals surface area contributed by atoms with Crippen molar-refractivity contribution in [3.05, 3.63) is 40.8 Å². The lowest BCUT2D eigenvalue weighted by Crippen LogP contribution is -2.42. The van der Waals surface area contributed by atoms with Crippen LogP contribution in [0.4, 0.5) is 5.69 Å². The van der Waals surface area contributed by atoms with Gasteiger partial charge in [0.05, 0.1) is 12.8 Å². The largest absolute Gasteiger partial charge is 0.465 e. The second-order valence-corrected chi connectivity index (χ2v) is 9.76. The molecule has 2 aromatic rings. The Bertz CT molecular complexity index is 952. The highest BCUT2D eigenvalue weighted by Crippen LogP contribution is 2.40. The van der Waals surface area contributed by atoms with Gasteiger partial charge in [-0.25, -0.2) is 4.79 Å². The topological polar surface area (TPSA) is 63.7 Å². The Morgan fingerprint density at radius 3 is 2.19 bits per heavy atom. The van der Waals surface area contributed by atoms with Crippen molar-refractivity contribution in [2.75, 3.05) is 12.0 Å². The van der Waals surface area contributed by atoms with Gasteiger partial charge in [-0.1, -0.05) is 31.2 Å². The van der Waals surface area contributed by atoms with E-state index in [9.17, 15) is 14.4 Å². The zero-order valence-corrected chi connectivity index (χ0v) is 19.8. The molecular weight excluding hydrogens is 410 g/mol. The average molecular weight is 442 g/mol. The first-order valence-corrected chi connectivity index (χ1v) is 11.7. The molecule has 31 heavy (non-hydrogen) atoms. The fourth-order valence-electron chi connectivity index (χ4n) is 4.17. The van der Waals surface area contributed by atoms with Crippen LogP contribution in [-0.2, 0) is 9.53 Å². The van der Waals surface area contributed by atoms with Gasteiger partial charge in [-0.3, -0.25) is 9.59 Å². The van der Waals surface area contributed by atoms with Crippen LogP contribution in [0.15, 0.2) is 30.3 Å². The van der Waals surface area contributed by atoms with E-state index in [1.165, 1.54) is 25.4 Å². The lowest BCUT2D eigenvalue weighted by atomic mass is 9.82. The summed E-state index contributed by atoms with van der Waals surface area (Å²) in [4.78, 5) is 40.8. The van der Waals surface area contributed by atoms with Crippen LogP contribution >= 0.6 is 11.3 Å². The van der Waals surface area contributed by atoms with Gasteiger partial charge in [0.15, 0.2) is 5.78 Å². The monoisotopic (exact) mass is 441 g/mol. The molecule has 0 radical (unpaired) electrons. The molecule has 5 nitrogen and oxygen atoms in total. The van der Waals surface area contributed by atoms with E-state index in [4.69, 9.17) is 4.74 Å². The van der Waals surface area contributed by atoms with E-state index in [1.54, 1.807) is 17.0 Å². The summed E-state index contributed by atoms with van der Waals surface area (Å²) in [6, 6.07) is 9.13. The van der Waals surface area contributed by atoms with Crippen LogP contribution in [0.25, 0.3) is 10.4 Å². The summed E-state index contributed by atoms with van der Waals surface area (Å²) in [5.41, 5.74) is 2.15. The molecule has 1 aromatic carbocycles. The van der Waals surface area contributed by atoms with Crippen LogP contribution in [0, 0.1) is 11.8 Å². The number of ether oxygens (including phenoxy) is 1. The third kappa shape index (κ3) is 5.06. The Hall–Kier alpha value is -2.47. The molecule has 0 unspecified atom stereocenters. The first-order valence-electron chi connectivity index (χ1n) is 10.9. The zero-order valence-electron chi connectivity index (χ0n) is 18.9. The number of carbonyl (C=O) groups excluding carboxylic acids is 3. The SMILES string of the molecule is COC(=O)c1sc(-c2ccc(C(C)=O)cc2)cc1N(C(=O)[C@H]1CC[C@H](C)CC1)C(C)C. The number of methoxy groups -OCH3 is 1. The Kier molecular flexibility index (Phi) is 7.31. The standard InChI is InChI=1S/C25H31NO4S/c1-15(2)26(24(28)20-8-6-16(3)7-9-20)21-14-22(31-23(21)25(29)30-5)19-12-10-18(11-13-19)17(4)27/h10-16,20H,6-9H2,1-5H3/t16-,20-. The summed E-state index contributed by atoms with van der Waals surface area (Å²) in [6.07, 6.45) is 3.90. The van der Waals surface area contributed by atoms with Crippen LogP contribution in [-0.4, -0.2) is 30.8 Å². The minimum atomic E-state index is -0.442. The van der Waals surface area contributed by atoms with Gasteiger partial charge in [-0.15, -0.1) is 11.3 Å². The number of esters is 1.